The van der Waals surface area contributed by atoms with Gasteiger partial charge < -0.3 is 4.74 Å². The van der Waals surface area contributed by atoms with Gasteiger partial charge in [-0.1, -0.05) is 35.9 Å². The monoisotopic (exact) mass is 288 g/mol. The van der Waals surface area contributed by atoms with Crippen molar-refractivity contribution in [3.05, 3.63) is 64.0 Å². The van der Waals surface area contributed by atoms with Crippen LogP contribution in [0.2, 0.25) is 5.02 Å². The lowest BCUT2D eigenvalue weighted by Gasteiger charge is -2.06. The predicted molar refractivity (Wildman–Crippen MR) is 82.3 cm³/mol. The first-order valence-electron chi connectivity index (χ1n) is 6.08. The third kappa shape index (κ3) is 2.60. The third-order valence-electron chi connectivity index (χ3n) is 3.02. The van der Waals surface area contributed by atoms with Gasteiger partial charge in [-0.05, 0) is 36.1 Å². The van der Waals surface area contributed by atoms with Crippen LogP contribution >= 0.6 is 22.9 Å². The topological polar surface area (TPSA) is 9.23 Å². The second-order valence-corrected chi connectivity index (χ2v) is 5.77. The molecule has 0 saturated heterocycles. The molecule has 0 atom stereocenters. The number of halogens is 1. The zero-order valence-corrected chi connectivity index (χ0v) is 12.1. The van der Waals surface area contributed by atoms with Crippen molar-refractivity contribution in [2.24, 2.45) is 0 Å². The van der Waals surface area contributed by atoms with Crippen molar-refractivity contribution < 1.29 is 4.74 Å². The number of hydrogen-bond donors (Lipinski definition) is 0. The van der Waals surface area contributed by atoms with Crippen LogP contribution in [0.3, 0.4) is 0 Å². The lowest BCUT2D eigenvalue weighted by molar-refractivity contribution is 0.308. The van der Waals surface area contributed by atoms with Crippen molar-refractivity contribution in [3.63, 3.8) is 0 Å². The van der Waals surface area contributed by atoms with Crippen LogP contribution in [0.25, 0.3) is 10.1 Å². The molecule has 3 rings (SSSR count). The first-order chi connectivity index (χ1) is 9.24. The Morgan fingerprint density at radius 3 is 2.84 bits per heavy atom. The van der Waals surface area contributed by atoms with Gasteiger partial charge in [0.25, 0.3) is 0 Å². The number of benzene rings is 2. The fourth-order valence-electron chi connectivity index (χ4n) is 2.05. The Morgan fingerprint density at radius 2 is 2.00 bits per heavy atom. The van der Waals surface area contributed by atoms with E-state index in [1.54, 1.807) is 11.3 Å². The Bertz CT molecular complexity index is 718. The van der Waals surface area contributed by atoms with Gasteiger partial charge >= 0.3 is 0 Å². The van der Waals surface area contributed by atoms with Gasteiger partial charge in [0.05, 0.1) is 9.72 Å². The molecule has 0 saturated carbocycles. The van der Waals surface area contributed by atoms with Crippen LogP contribution in [0.4, 0.5) is 0 Å². The highest BCUT2D eigenvalue weighted by molar-refractivity contribution is 7.18. The molecule has 19 heavy (non-hydrogen) atoms. The molecule has 3 heteroatoms. The quantitative estimate of drug-likeness (QED) is 0.623. The summed E-state index contributed by atoms with van der Waals surface area (Å²) < 4.78 is 6.97. The van der Waals surface area contributed by atoms with Crippen molar-refractivity contribution >= 4 is 33.0 Å². The van der Waals surface area contributed by atoms with Gasteiger partial charge in [-0.2, -0.15) is 0 Å². The molecule has 1 nitrogen and oxygen atoms in total. The molecule has 0 aliphatic rings. The van der Waals surface area contributed by atoms with E-state index in [-0.39, 0.29) is 0 Å². The Kier molecular flexibility index (Phi) is 3.45. The van der Waals surface area contributed by atoms with Crippen LogP contribution in [0, 0.1) is 6.92 Å². The van der Waals surface area contributed by atoms with Crippen molar-refractivity contribution in [1.82, 2.24) is 0 Å². The Morgan fingerprint density at radius 1 is 1.16 bits per heavy atom. The van der Waals surface area contributed by atoms with Gasteiger partial charge in [0.1, 0.15) is 12.4 Å². The minimum absolute atomic E-state index is 0.573. The van der Waals surface area contributed by atoms with E-state index in [2.05, 4.69) is 24.4 Å². The minimum Gasteiger partial charge on any atom is -0.489 e. The zero-order chi connectivity index (χ0) is 13.2. The molecule has 0 bridgehead atoms. The van der Waals surface area contributed by atoms with Gasteiger partial charge in [-0.15, -0.1) is 11.3 Å². The van der Waals surface area contributed by atoms with Crippen LogP contribution in [0.1, 0.15) is 11.1 Å². The Labute approximate surface area is 121 Å². The van der Waals surface area contributed by atoms with Crippen LogP contribution < -0.4 is 4.74 Å². The van der Waals surface area contributed by atoms with Gasteiger partial charge in [0.15, 0.2) is 0 Å². The van der Waals surface area contributed by atoms with E-state index in [9.17, 15) is 0 Å². The number of rotatable bonds is 3. The number of fused-ring (bicyclic) bond motifs is 1. The van der Waals surface area contributed by atoms with Gasteiger partial charge in [0, 0.05) is 10.9 Å². The molecule has 96 valence electrons. The summed E-state index contributed by atoms with van der Waals surface area (Å²) in [5, 5.41) is 4.11. The fourth-order valence-corrected chi connectivity index (χ4v) is 3.32. The molecule has 0 N–H and O–H groups in total. The fraction of sp³-hybridized carbons (Fsp3) is 0.125. The summed E-state index contributed by atoms with van der Waals surface area (Å²) in [6.45, 7) is 2.64. The molecule has 2 aromatic carbocycles. The van der Waals surface area contributed by atoms with Crippen molar-refractivity contribution in [2.75, 3.05) is 0 Å². The first kappa shape index (κ1) is 12.5. The van der Waals surface area contributed by atoms with Crippen molar-refractivity contribution in [2.45, 2.75) is 13.5 Å². The van der Waals surface area contributed by atoms with Crippen LogP contribution in [0.15, 0.2) is 47.8 Å². The largest absolute Gasteiger partial charge is 0.489 e. The second kappa shape index (κ2) is 5.24. The lowest BCUT2D eigenvalue weighted by Crippen LogP contribution is -1.94. The molecule has 0 spiro atoms. The first-order valence-corrected chi connectivity index (χ1v) is 7.34. The number of hydrogen-bond acceptors (Lipinski definition) is 2. The molecule has 0 fully saturated rings. The summed E-state index contributed by atoms with van der Waals surface area (Å²) in [6, 6.07) is 14.1. The van der Waals surface area contributed by atoms with E-state index in [4.69, 9.17) is 16.3 Å². The van der Waals surface area contributed by atoms with Crippen LogP contribution in [-0.4, -0.2) is 0 Å². The molecular weight excluding hydrogens is 276 g/mol. The van der Waals surface area contributed by atoms with E-state index in [1.807, 2.05) is 30.3 Å². The zero-order valence-electron chi connectivity index (χ0n) is 10.5. The molecule has 1 heterocycles. The van der Waals surface area contributed by atoms with E-state index >= 15 is 0 Å². The number of thiophene rings is 1. The highest BCUT2D eigenvalue weighted by atomic mass is 35.5. The summed E-state index contributed by atoms with van der Waals surface area (Å²) in [7, 11) is 0. The maximum atomic E-state index is 6.18. The van der Waals surface area contributed by atoms with Crippen LogP contribution in [-0.2, 0) is 6.61 Å². The smallest absolute Gasteiger partial charge is 0.120 e. The predicted octanol–water partition coefficient (Wildman–Crippen LogP) is 5.44. The van der Waals surface area contributed by atoms with Gasteiger partial charge in [0.2, 0.25) is 0 Å². The molecule has 3 aromatic rings. The summed E-state index contributed by atoms with van der Waals surface area (Å²) >= 11 is 7.84. The SMILES string of the molecule is Cc1cccc(OCc2csc3c(Cl)cccc23)c1. The molecule has 0 unspecified atom stereocenters. The van der Waals surface area contributed by atoms with Crippen molar-refractivity contribution in [3.8, 4) is 5.75 Å². The highest BCUT2D eigenvalue weighted by Gasteiger charge is 2.07. The maximum absolute atomic E-state index is 6.18. The maximum Gasteiger partial charge on any atom is 0.120 e. The van der Waals surface area contributed by atoms with E-state index in [1.165, 1.54) is 16.5 Å². The van der Waals surface area contributed by atoms with E-state index < -0.39 is 0 Å². The van der Waals surface area contributed by atoms with Crippen molar-refractivity contribution in [1.29, 1.82) is 0 Å². The highest BCUT2D eigenvalue weighted by Crippen LogP contribution is 2.32. The summed E-state index contributed by atoms with van der Waals surface area (Å²) in [5.74, 6) is 0.904. The molecule has 0 aliphatic carbocycles. The molecule has 0 amide bonds. The minimum atomic E-state index is 0.573. The average molecular weight is 289 g/mol. The standard InChI is InChI=1S/C16H13ClOS/c1-11-4-2-5-13(8-11)18-9-12-10-19-16-14(12)6-3-7-15(16)17/h2-8,10H,9H2,1H3. The second-order valence-electron chi connectivity index (χ2n) is 4.48. The summed E-state index contributed by atoms with van der Waals surface area (Å²) in [5.41, 5.74) is 2.39. The van der Waals surface area contributed by atoms with Crippen LogP contribution in [0.5, 0.6) is 5.75 Å². The van der Waals surface area contributed by atoms with Gasteiger partial charge in [-0.3, -0.25) is 0 Å². The number of ether oxygens (including phenoxy) is 1. The Balaban J connectivity index is 1.84. The van der Waals surface area contributed by atoms with E-state index in [0.29, 0.717) is 6.61 Å². The van der Waals surface area contributed by atoms with E-state index in [0.717, 1.165) is 15.5 Å². The average Bonchev–Trinajstić information content (AvgIpc) is 2.81. The summed E-state index contributed by atoms with van der Waals surface area (Å²) in [6.07, 6.45) is 0. The normalized spacial score (nSPS) is 10.8. The summed E-state index contributed by atoms with van der Waals surface area (Å²) in [4.78, 5) is 0. The lowest BCUT2D eigenvalue weighted by atomic mass is 10.2. The Hall–Kier alpha value is -1.51. The molecule has 0 radical (unpaired) electrons. The molecule has 1 aromatic heterocycles. The van der Waals surface area contributed by atoms with Gasteiger partial charge in [-0.25, -0.2) is 0 Å². The number of aryl methyl sites for hydroxylation is 1. The third-order valence-corrected chi connectivity index (χ3v) is 4.52. The molecular formula is C16H13ClOS. The molecule has 0 aliphatic heterocycles.